The number of rotatable bonds is 8. The van der Waals surface area contributed by atoms with E-state index in [1.165, 1.54) is 12.3 Å². The van der Waals surface area contributed by atoms with Crippen LogP contribution >= 0.6 is 0 Å². The minimum atomic E-state index is -3.83. The molecule has 0 radical (unpaired) electrons. The Kier molecular flexibility index (Phi) is 5.33. The number of nitrogens with zero attached hydrogens (tertiary/aromatic N) is 1. The lowest BCUT2D eigenvalue weighted by molar-refractivity contribution is -0.130. The van der Waals surface area contributed by atoms with Crippen molar-refractivity contribution >= 4 is 16.3 Å². The normalized spacial score (nSPS) is 14.0. The smallest absolute Gasteiger partial charge is 0.294 e. The molecule has 0 aliphatic heterocycles. The third kappa shape index (κ3) is 3.87. The van der Waals surface area contributed by atoms with E-state index >= 15 is 0 Å². The molecule has 6 nitrogen and oxygen atoms in total. The summed E-state index contributed by atoms with van der Waals surface area (Å²) in [7, 11) is -3.83. The summed E-state index contributed by atoms with van der Waals surface area (Å²) < 4.78 is 30.6. The molecule has 0 saturated carbocycles. The molecule has 1 aromatic carbocycles. The van der Waals surface area contributed by atoms with E-state index in [0.29, 0.717) is 11.1 Å². The first-order valence-electron chi connectivity index (χ1n) is 6.97. The van der Waals surface area contributed by atoms with Gasteiger partial charge in [-0.25, -0.2) is 8.42 Å². The first kappa shape index (κ1) is 17.0. The lowest BCUT2D eigenvalue weighted by Crippen LogP contribution is -2.30. The number of hydrogen-bond acceptors (Lipinski definition) is 5. The molecule has 0 fully saturated rings. The zero-order chi connectivity index (χ0) is 16.9. The van der Waals surface area contributed by atoms with Gasteiger partial charge in [0.2, 0.25) is 5.44 Å². The van der Waals surface area contributed by atoms with Crippen molar-refractivity contribution in [2.75, 3.05) is 0 Å². The van der Waals surface area contributed by atoms with Crippen molar-refractivity contribution in [3.8, 4) is 0 Å². The highest BCUT2D eigenvalue weighted by Gasteiger charge is 2.35. The van der Waals surface area contributed by atoms with Gasteiger partial charge in [0.05, 0.1) is 6.20 Å². The molecule has 2 rings (SSSR count). The van der Waals surface area contributed by atoms with Crippen LogP contribution < -0.4 is 0 Å². The Hall–Kier alpha value is -2.41. The van der Waals surface area contributed by atoms with E-state index in [1.54, 1.807) is 18.3 Å². The fourth-order valence-corrected chi connectivity index (χ4v) is 4.02. The van der Waals surface area contributed by atoms with Crippen LogP contribution in [0, 0.1) is 6.92 Å². The summed E-state index contributed by atoms with van der Waals surface area (Å²) in [5.74, 6) is 0. The Bertz CT molecular complexity index is 752. The van der Waals surface area contributed by atoms with Gasteiger partial charge in [0, 0.05) is 12.6 Å². The van der Waals surface area contributed by atoms with Gasteiger partial charge in [-0.3, -0.25) is 9.89 Å². The van der Waals surface area contributed by atoms with Gasteiger partial charge < -0.3 is 4.74 Å². The Labute approximate surface area is 135 Å². The molecule has 0 saturated heterocycles. The van der Waals surface area contributed by atoms with E-state index in [-0.39, 0.29) is 12.9 Å². The summed E-state index contributed by atoms with van der Waals surface area (Å²) in [6.07, 6.45) is 4.42. The Morgan fingerprint density at radius 2 is 2.04 bits per heavy atom. The van der Waals surface area contributed by atoms with Gasteiger partial charge in [-0.1, -0.05) is 35.9 Å². The summed E-state index contributed by atoms with van der Waals surface area (Å²) in [5, 5.41) is 5.41. The number of ether oxygens (including phenoxy) is 1. The number of carbonyl (C=O) groups is 1. The molecule has 1 heterocycles. The van der Waals surface area contributed by atoms with Gasteiger partial charge in [0.1, 0.15) is 5.25 Å². The average molecular weight is 334 g/mol. The summed E-state index contributed by atoms with van der Waals surface area (Å²) in [5.41, 5.74) is 0.930. The highest BCUT2D eigenvalue weighted by molar-refractivity contribution is 7.92. The van der Waals surface area contributed by atoms with Crippen LogP contribution in [-0.2, 0) is 25.8 Å². The van der Waals surface area contributed by atoms with Crippen LogP contribution in [0.25, 0.3) is 0 Å². The van der Waals surface area contributed by atoms with Crippen LogP contribution in [0.4, 0.5) is 0 Å². The second-order valence-corrected chi connectivity index (χ2v) is 7.34. The predicted molar refractivity (Wildman–Crippen MR) is 86.3 cm³/mol. The third-order valence-corrected chi connectivity index (χ3v) is 5.69. The van der Waals surface area contributed by atoms with Gasteiger partial charge in [0.15, 0.2) is 9.84 Å². The van der Waals surface area contributed by atoms with Crippen LogP contribution in [0.5, 0.6) is 0 Å². The molecule has 1 N–H and O–H groups in total. The van der Waals surface area contributed by atoms with Crippen LogP contribution in [-0.4, -0.2) is 30.5 Å². The first-order valence-corrected chi connectivity index (χ1v) is 8.58. The van der Waals surface area contributed by atoms with E-state index in [1.807, 2.05) is 19.1 Å². The van der Waals surface area contributed by atoms with Crippen molar-refractivity contribution in [1.29, 1.82) is 0 Å². The van der Waals surface area contributed by atoms with Crippen LogP contribution in [0.3, 0.4) is 0 Å². The lowest BCUT2D eigenvalue weighted by Gasteiger charge is -2.21. The number of aryl methyl sites for hydroxylation is 1. The van der Waals surface area contributed by atoms with E-state index in [2.05, 4.69) is 16.8 Å². The number of aromatic nitrogens is 2. The van der Waals surface area contributed by atoms with E-state index in [9.17, 15) is 13.2 Å². The monoisotopic (exact) mass is 334 g/mol. The van der Waals surface area contributed by atoms with Crippen molar-refractivity contribution in [3.05, 3.63) is 66.0 Å². The molecular formula is C16H18N2O4S. The number of H-pyrrole nitrogens is 1. The molecule has 7 heteroatoms. The molecule has 0 aliphatic rings. The molecule has 0 bridgehead atoms. The number of sulfone groups is 1. The molecular weight excluding hydrogens is 316 g/mol. The minimum Gasteiger partial charge on any atom is -0.448 e. The maximum Gasteiger partial charge on any atom is 0.294 e. The van der Waals surface area contributed by atoms with Gasteiger partial charge in [0.25, 0.3) is 6.47 Å². The number of aromatic amines is 1. The predicted octanol–water partition coefficient (Wildman–Crippen LogP) is 2.10. The maximum atomic E-state index is 12.9. The molecule has 23 heavy (non-hydrogen) atoms. The van der Waals surface area contributed by atoms with Gasteiger partial charge >= 0.3 is 0 Å². The largest absolute Gasteiger partial charge is 0.448 e. The van der Waals surface area contributed by atoms with E-state index in [4.69, 9.17) is 4.74 Å². The van der Waals surface area contributed by atoms with Crippen molar-refractivity contribution in [2.24, 2.45) is 0 Å². The van der Waals surface area contributed by atoms with Gasteiger partial charge in [-0.15, -0.1) is 6.58 Å². The molecule has 122 valence electrons. The van der Waals surface area contributed by atoms with Crippen LogP contribution in [0.1, 0.15) is 21.9 Å². The Morgan fingerprint density at radius 3 is 2.57 bits per heavy atom. The van der Waals surface area contributed by atoms with Crippen molar-refractivity contribution < 1.29 is 17.9 Å². The first-order chi connectivity index (χ1) is 11.0. The maximum absolute atomic E-state index is 12.9. The molecule has 0 amide bonds. The van der Waals surface area contributed by atoms with Crippen LogP contribution in [0.2, 0.25) is 0 Å². The number of benzene rings is 1. The molecule has 2 aromatic rings. The quantitative estimate of drug-likeness (QED) is 0.590. The van der Waals surface area contributed by atoms with Gasteiger partial charge in [-0.2, -0.15) is 5.10 Å². The second kappa shape index (κ2) is 7.23. The summed E-state index contributed by atoms with van der Waals surface area (Å²) in [6.45, 7) is 5.69. The fraction of sp³-hybridized carbons (Fsp3) is 0.250. The van der Waals surface area contributed by atoms with E-state index in [0.717, 1.165) is 5.56 Å². The second-order valence-electron chi connectivity index (χ2n) is 5.13. The molecule has 2 unspecified atom stereocenters. The standard InChI is InChI=1S/C16H18N2O4S/c1-3-15(14-6-4-12(2)5-7-14)23(20,21)16(22-11-19)8-13-9-17-18-10-13/h3-7,9-11,15-16H,1,8H2,2H3,(H,17,18). The number of carbonyl (C=O) groups excluding carboxylic acids is 1. The molecule has 0 spiro atoms. The molecule has 1 aromatic heterocycles. The molecule has 0 aliphatic carbocycles. The fourth-order valence-electron chi connectivity index (χ4n) is 2.26. The third-order valence-electron chi connectivity index (χ3n) is 3.50. The van der Waals surface area contributed by atoms with Gasteiger partial charge in [-0.05, 0) is 18.1 Å². The number of hydrogen-bond donors (Lipinski definition) is 1. The Morgan fingerprint density at radius 1 is 1.35 bits per heavy atom. The summed E-state index contributed by atoms with van der Waals surface area (Å²) in [6, 6.07) is 7.12. The van der Waals surface area contributed by atoms with Crippen molar-refractivity contribution in [3.63, 3.8) is 0 Å². The zero-order valence-electron chi connectivity index (χ0n) is 12.7. The van der Waals surface area contributed by atoms with Crippen molar-refractivity contribution in [1.82, 2.24) is 10.2 Å². The SMILES string of the molecule is C=CC(c1ccc(C)cc1)S(=O)(=O)C(Cc1cn[nH]c1)OC=O. The number of nitrogens with one attached hydrogen (secondary N) is 1. The highest BCUT2D eigenvalue weighted by atomic mass is 32.2. The molecule has 2 atom stereocenters. The lowest BCUT2D eigenvalue weighted by atomic mass is 10.1. The minimum absolute atomic E-state index is 0.0216. The van der Waals surface area contributed by atoms with Crippen LogP contribution in [0.15, 0.2) is 49.3 Å². The average Bonchev–Trinajstić information content (AvgIpc) is 3.02. The summed E-state index contributed by atoms with van der Waals surface area (Å²) >= 11 is 0. The highest BCUT2D eigenvalue weighted by Crippen LogP contribution is 2.29. The summed E-state index contributed by atoms with van der Waals surface area (Å²) in [4.78, 5) is 10.7. The Balaban J connectivity index is 2.35. The topological polar surface area (TPSA) is 89.1 Å². The van der Waals surface area contributed by atoms with Crippen molar-refractivity contribution in [2.45, 2.75) is 24.0 Å². The zero-order valence-corrected chi connectivity index (χ0v) is 13.5. The van der Waals surface area contributed by atoms with E-state index < -0.39 is 20.5 Å².